The van der Waals surface area contributed by atoms with Crippen molar-refractivity contribution < 1.29 is 9.90 Å². The smallest absolute Gasteiger partial charge is 0.317 e. The van der Waals surface area contributed by atoms with Crippen molar-refractivity contribution in [1.82, 2.24) is 14.7 Å². The molecular formula is C9H15N3O2S. The summed E-state index contributed by atoms with van der Waals surface area (Å²) in [5.74, 6) is 0.879. The zero-order valence-electron chi connectivity index (χ0n) is 8.67. The summed E-state index contributed by atoms with van der Waals surface area (Å²) in [6.45, 7) is 0.952. The molecule has 0 spiro atoms. The minimum atomic E-state index is -0.787. The molecule has 1 rings (SSSR count). The van der Waals surface area contributed by atoms with Crippen molar-refractivity contribution in [1.29, 1.82) is 0 Å². The van der Waals surface area contributed by atoms with Gasteiger partial charge in [0.1, 0.15) is 0 Å². The molecule has 6 heteroatoms. The summed E-state index contributed by atoms with van der Waals surface area (Å²) < 4.78 is 1.87. The number of nitrogens with zero attached hydrogens (tertiary/aromatic N) is 3. The number of likely N-dealkylation sites (N-methyl/N-ethyl adjacent to an activating group) is 1. The van der Waals surface area contributed by atoms with E-state index < -0.39 is 5.97 Å². The molecule has 0 radical (unpaired) electrons. The quantitative estimate of drug-likeness (QED) is 0.548. The first-order chi connectivity index (χ1) is 7.18. The van der Waals surface area contributed by atoms with Crippen molar-refractivity contribution in [3.8, 4) is 0 Å². The normalized spacial score (nSPS) is 10.8. The first-order valence-electron chi connectivity index (χ1n) is 4.64. The van der Waals surface area contributed by atoms with Gasteiger partial charge >= 0.3 is 5.97 Å². The molecule has 0 aliphatic heterocycles. The van der Waals surface area contributed by atoms with E-state index in [-0.39, 0.29) is 6.54 Å². The predicted molar refractivity (Wildman–Crippen MR) is 59.8 cm³/mol. The largest absolute Gasteiger partial charge is 0.480 e. The average molecular weight is 229 g/mol. The second kappa shape index (κ2) is 6.47. The Labute approximate surface area is 93.1 Å². The molecule has 0 aliphatic rings. The second-order valence-corrected chi connectivity index (χ2v) is 4.29. The van der Waals surface area contributed by atoms with Gasteiger partial charge in [0.25, 0.3) is 0 Å². The Morgan fingerprint density at radius 3 is 3.07 bits per heavy atom. The van der Waals surface area contributed by atoms with Crippen LogP contribution < -0.4 is 0 Å². The average Bonchev–Trinajstić information content (AvgIpc) is 2.63. The topological polar surface area (TPSA) is 58.4 Å². The van der Waals surface area contributed by atoms with E-state index in [1.807, 2.05) is 16.9 Å². The third-order valence-electron chi connectivity index (χ3n) is 1.74. The molecule has 0 aliphatic carbocycles. The molecule has 1 aromatic rings. The molecule has 84 valence electrons. The third-order valence-corrected chi connectivity index (χ3v) is 2.84. The summed E-state index contributed by atoms with van der Waals surface area (Å²) in [6, 6.07) is 1.89. The van der Waals surface area contributed by atoms with Crippen molar-refractivity contribution in [3.05, 3.63) is 18.5 Å². The van der Waals surface area contributed by atoms with Gasteiger partial charge < -0.3 is 5.11 Å². The zero-order chi connectivity index (χ0) is 11.1. The molecule has 1 heterocycles. The van der Waals surface area contributed by atoms with Crippen molar-refractivity contribution in [3.63, 3.8) is 0 Å². The number of aromatic nitrogens is 2. The molecular weight excluding hydrogens is 214 g/mol. The SMILES string of the molecule is CN(CSCCn1cccn1)CC(=O)O. The summed E-state index contributed by atoms with van der Waals surface area (Å²) in [6.07, 6.45) is 3.67. The van der Waals surface area contributed by atoms with E-state index in [1.165, 1.54) is 0 Å². The summed E-state index contributed by atoms with van der Waals surface area (Å²) >= 11 is 1.70. The van der Waals surface area contributed by atoms with Gasteiger partial charge in [-0.2, -0.15) is 5.10 Å². The molecule has 1 aromatic heterocycles. The molecule has 0 saturated carbocycles. The van der Waals surface area contributed by atoms with Gasteiger partial charge in [0, 0.05) is 30.6 Å². The molecule has 0 bridgehead atoms. The van der Waals surface area contributed by atoms with Crippen molar-refractivity contribution in [2.45, 2.75) is 6.54 Å². The minimum absolute atomic E-state index is 0.0920. The number of hydrogen-bond donors (Lipinski definition) is 1. The summed E-state index contributed by atoms with van der Waals surface area (Å²) in [7, 11) is 1.80. The number of thioether (sulfide) groups is 1. The fraction of sp³-hybridized carbons (Fsp3) is 0.556. The van der Waals surface area contributed by atoms with Crippen LogP contribution in [0.2, 0.25) is 0 Å². The van der Waals surface area contributed by atoms with Crippen LogP contribution in [0, 0.1) is 0 Å². The fourth-order valence-corrected chi connectivity index (χ4v) is 1.94. The van der Waals surface area contributed by atoms with Gasteiger partial charge in [-0.05, 0) is 13.1 Å². The Bertz CT molecular complexity index is 290. The van der Waals surface area contributed by atoms with Crippen LogP contribution in [-0.2, 0) is 11.3 Å². The van der Waals surface area contributed by atoms with E-state index in [1.54, 1.807) is 29.9 Å². The molecule has 0 aromatic carbocycles. The van der Waals surface area contributed by atoms with Gasteiger partial charge in [0.2, 0.25) is 0 Å². The third kappa shape index (κ3) is 5.44. The Morgan fingerprint density at radius 2 is 2.47 bits per heavy atom. The Balaban J connectivity index is 2.04. The standard InChI is InChI=1S/C9H15N3O2S/c1-11(7-9(13)14)8-15-6-5-12-4-2-3-10-12/h2-4H,5-8H2,1H3,(H,13,14). The van der Waals surface area contributed by atoms with Gasteiger partial charge in [-0.3, -0.25) is 14.4 Å². The molecule has 15 heavy (non-hydrogen) atoms. The molecule has 0 saturated heterocycles. The number of aryl methyl sites for hydroxylation is 1. The first kappa shape index (κ1) is 12.1. The van der Waals surface area contributed by atoms with Gasteiger partial charge in [-0.25, -0.2) is 0 Å². The summed E-state index contributed by atoms with van der Waals surface area (Å²) in [5, 5.41) is 12.6. The van der Waals surface area contributed by atoms with Crippen LogP contribution in [-0.4, -0.2) is 51.0 Å². The van der Waals surface area contributed by atoms with E-state index in [4.69, 9.17) is 5.11 Å². The van der Waals surface area contributed by atoms with Crippen molar-refractivity contribution in [2.75, 3.05) is 25.2 Å². The van der Waals surface area contributed by atoms with E-state index in [0.29, 0.717) is 0 Å². The van der Waals surface area contributed by atoms with Gasteiger partial charge in [-0.15, -0.1) is 11.8 Å². The summed E-state index contributed by atoms with van der Waals surface area (Å²) in [4.78, 5) is 12.1. The second-order valence-electron chi connectivity index (χ2n) is 3.21. The summed E-state index contributed by atoms with van der Waals surface area (Å²) in [5.41, 5.74) is 0. The van der Waals surface area contributed by atoms with Crippen LogP contribution in [0.3, 0.4) is 0 Å². The lowest BCUT2D eigenvalue weighted by atomic mass is 10.6. The Hall–Kier alpha value is -1.01. The molecule has 0 amide bonds. The van der Waals surface area contributed by atoms with E-state index in [0.717, 1.165) is 18.2 Å². The maximum Gasteiger partial charge on any atom is 0.317 e. The van der Waals surface area contributed by atoms with Crippen LogP contribution >= 0.6 is 11.8 Å². The van der Waals surface area contributed by atoms with Crippen molar-refractivity contribution >= 4 is 17.7 Å². The molecule has 0 atom stereocenters. The highest BCUT2D eigenvalue weighted by molar-refractivity contribution is 7.99. The van der Waals surface area contributed by atoms with Gasteiger partial charge in [-0.1, -0.05) is 0 Å². The van der Waals surface area contributed by atoms with Gasteiger partial charge in [0.15, 0.2) is 0 Å². The first-order valence-corrected chi connectivity index (χ1v) is 5.79. The molecule has 0 unspecified atom stereocenters. The highest BCUT2D eigenvalue weighted by Crippen LogP contribution is 2.03. The molecule has 5 nitrogen and oxygen atoms in total. The lowest BCUT2D eigenvalue weighted by Gasteiger charge is -2.12. The highest BCUT2D eigenvalue weighted by Gasteiger charge is 2.03. The molecule has 0 fully saturated rings. The number of carboxylic acid groups (broad SMARTS) is 1. The van der Waals surface area contributed by atoms with E-state index in [9.17, 15) is 4.79 Å². The van der Waals surface area contributed by atoms with Crippen LogP contribution in [0.5, 0.6) is 0 Å². The van der Waals surface area contributed by atoms with E-state index in [2.05, 4.69) is 5.10 Å². The lowest BCUT2D eigenvalue weighted by molar-refractivity contribution is -0.137. The molecule has 1 N–H and O–H groups in total. The minimum Gasteiger partial charge on any atom is -0.480 e. The van der Waals surface area contributed by atoms with E-state index >= 15 is 0 Å². The fourth-order valence-electron chi connectivity index (χ4n) is 1.09. The maximum absolute atomic E-state index is 10.4. The number of hydrogen-bond acceptors (Lipinski definition) is 4. The Kier molecular flexibility index (Phi) is 5.20. The lowest BCUT2D eigenvalue weighted by Crippen LogP contribution is -2.25. The number of carboxylic acids is 1. The number of carbonyl (C=O) groups is 1. The monoisotopic (exact) mass is 229 g/mol. The Morgan fingerprint density at radius 1 is 1.67 bits per heavy atom. The predicted octanol–water partition coefficient (Wildman–Crippen LogP) is 0.590. The number of aliphatic carboxylic acids is 1. The van der Waals surface area contributed by atoms with Crippen LogP contribution in [0.25, 0.3) is 0 Å². The van der Waals surface area contributed by atoms with Crippen LogP contribution in [0.1, 0.15) is 0 Å². The zero-order valence-corrected chi connectivity index (χ0v) is 9.48. The van der Waals surface area contributed by atoms with Crippen molar-refractivity contribution in [2.24, 2.45) is 0 Å². The number of rotatable bonds is 7. The van der Waals surface area contributed by atoms with Crippen LogP contribution in [0.15, 0.2) is 18.5 Å². The van der Waals surface area contributed by atoms with Crippen LogP contribution in [0.4, 0.5) is 0 Å². The highest BCUT2D eigenvalue weighted by atomic mass is 32.2. The maximum atomic E-state index is 10.4. The van der Waals surface area contributed by atoms with Gasteiger partial charge in [0.05, 0.1) is 6.54 Å².